The number of cyclic esters (lactones) is 1. The van der Waals surface area contributed by atoms with E-state index in [9.17, 15) is 24.8 Å². The summed E-state index contributed by atoms with van der Waals surface area (Å²) in [6.07, 6.45) is 2.31. The summed E-state index contributed by atoms with van der Waals surface area (Å²) < 4.78 is 6.66. The molecule has 0 bridgehead atoms. The minimum absolute atomic E-state index is 0.0340. The van der Waals surface area contributed by atoms with Gasteiger partial charge in [-0.3, -0.25) is 19.9 Å². The molecular weight excluding hydrogens is 490 g/mol. The average Bonchev–Trinajstić information content (AvgIpc) is 3.29. The molecular formula is C27H23N5O6. The van der Waals surface area contributed by atoms with Gasteiger partial charge in [-0.05, 0) is 30.7 Å². The predicted molar refractivity (Wildman–Crippen MR) is 138 cm³/mol. The number of hydrogen-bond donors (Lipinski definition) is 2. The van der Waals surface area contributed by atoms with E-state index in [1.165, 1.54) is 10.6 Å². The van der Waals surface area contributed by atoms with Gasteiger partial charge in [-0.1, -0.05) is 19.1 Å². The fraction of sp³-hybridized carbons (Fsp3) is 0.259. The number of nitro groups is 1. The lowest BCUT2D eigenvalue weighted by atomic mass is 9.86. The number of non-ortho nitro benzene ring substituents is 1. The van der Waals surface area contributed by atoms with Gasteiger partial charge in [0.2, 0.25) is 0 Å². The molecule has 1 aromatic carbocycles. The lowest BCUT2D eigenvalue weighted by Gasteiger charge is -2.31. The van der Waals surface area contributed by atoms with Crippen LogP contribution in [0.15, 0.2) is 53.5 Å². The highest BCUT2D eigenvalue weighted by atomic mass is 16.6. The number of carbonyl (C=O) groups excluding carboxylic acids is 1. The van der Waals surface area contributed by atoms with E-state index in [1.54, 1.807) is 31.3 Å². The molecule has 2 N–H and O–H groups in total. The number of fused-ring (bicyclic) bond motifs is 5. The Labute approximate surface area is 215 Å². The summed E-state index contributed by atoms with van der Waals surface area (Å²) in [6.45, 7) is 1.97. The van der Waals surface area contributed by atoms with Gasteiger partial charge < -0.3 is 19.7 Å². The van der Waals surface area contributed by atoms with E-state index >= 15 is 0 Å². The second kappa shape index (κ2) is 8.73. The third-order valence-electron chi connectivity index (χ3n) is 7.30. The molecule has 4 aromatic rings. The number of aromatic nitrogens is 3. The molecule has 38 heavy (non-hydrogen) atoms. The summed E-state index contributed by atoms with van der Waals surface area (Å²) in [5.74, 6) is -0.797. The van der Waals surface area contributed by atoms with Crippen molar-refractivity contribution in [2.45, 2.75) is 38.5 Å². The maximum absolute atomic E-state index is 13.6. The van der Waals surface area contributed by atoms with E-state index in [0.29, 0.717) is 46.5 Å². The van der Waals surface area contributed by atoms with Crippen molar-refractivity contribution in [3.05, 3.63) is 91.5 Å². The number of aliphatic hydroxyl groups is 1. The Hall–Kier alpha value is -4.64. The van der Waals surface area contributed by atoms with E-state index in [1.807, 2.05) is 18.2 Å². The number of benzene rings is 1. The van der Waals surface area contributed by atoms with Gasteiger partial charge >= 0.3 is 5.97 Å². The lowest BCUT2D eigenvalue weighted by molar-refractivity contribution is -0.383. The molecule has 0 radical (unpaired) electrons. The molecule has 0 fully saturated rings. The topological polar surface area (TPSA) is 149 Å². The third kappa shape index (κ3) is 3.46. The van der Waals surface area contributed by atoms with Crippen molar-refractivity contribution in [3.8, 4) is 11.4 Å². The van der Waals surface area contributed by atoms with Gasteiger partial charge in [0.25, 0.3) is 11.2 Å². The first-order valence-electron chi connectivity index (χ1n) is 12.2. The number of carbonyl (C=O) groups is 1. The van der Waals surface area contributed by atoms with Crippen LogP contribution in [-0.2, 0) is 34.7 Å². The van der Waals surface area contributed by atoms with E-state index in [4.69, 9.17) is 9.72 Å². The fourth-order valence-corrected chi connectivity index (χ4v) is 5.32. The highest BCUT2D eigenvalue weighted by Crippen LogP contribution is 2.43. The normalized spacial score (nSPS) is 17.5. The fourth-order valence-electron chi connectivity index (χ4n) is 5.32. The minimum atomic E-state index is -1.94. The Morgan fingerprint density at radius 3 is 2.79 bits per heavy atom. The first-order valence-corrected chi connectivity index (χ1v) is 12.2. The summed E-state index contributed by atoms with van der Waals surface area (Å²) in [4.78, 5) is 46.6. The van der Waals surface area contributed by atoms with Crippen LogP contribution in [0.3, 0.4) is 0 Å². The van der Waals surface area contributed by atoms with E-state index < -0.39 is 22.1 Å². The van der Waals surface area contributed by atoms with Crippen LogP contribution in [0.25, 0.3) is 22.3 Å². The average molecular weight is 514 g/mol. The Morgan fingerprint density at radius 2 is 2.05 bits per heavy atom. The van der Waals surface area contributed by atoms with Crippen LogP contribution in [0.4, 0.5) is 11.4 Å². The zero-order valence-electron chi connectivity index (χ0n) is 20.4. The molecule has 0 saturated carbocycles. The highest BCUT2D eigenvalue weighted by Gasteiger charge is 2.45. The van der Waals surface area contributed by atoms with Crippen LogP contribution >= 0.6 is 0 Å². The van der Waals surface area contributed by atoms with Gasteiger partial charge in [-0.2, -0.15) is 0 Å². The molecule has 3 aromatic heterocycles. The molecule has 6 rings (SSSR count). The molecule has 0 amide bonds. The quantitative estimate of drug-likeness (QED) is 0.198. The Morgan fingerprint density at radius 1 is 1.21 bits per heavy atom. The van der Waals surface area contributed by atoms with Crippen molar-refractivity contribution >= 4 is 28.2 Å². The molecule has 0 saturated heterocycles. The Kier molecular flexibility index (Phi) is 5.46. The second-order valence-corrected chi connectivity index (χ2v) is 9.34. The largest absolute Gasteiger partial charge is 0.458 e. The smallest absolute Gasteiger partial charge is 0.343 e. The van der Waals surface area contributed by atoms with Crippen molar-refractivity contribution in [2.75, 3.05) is 11.9 Å². The van der Waals surface area contributed by atoms with Crippen LogP contribution in [0.1, 0.15) is 35.7 Å². The standard InChI is InChI=1S/C27H23N5O6/c1-2-27(35)18-12-21-23-16(13-31(21)25(33)17(18)14-38-26(27)34)24(29-11-9-15-6-3-4-10-28-15)22-19(30-23)7-5-8-20(22)32(36)37/h3-8,10,12,35H,2,9,11,13-14H2,1H3,(H,29,30)/t27-/m0/s1. The predicted octanol–water partition coefficient (Wildman–Crippen LogP) is 3.04. The molecule has 11 heteroatoms. The van der Waals surface area contributed by atoms with Crippen LogP contribution < -0.4 is 10.9 Å². The molecule has 0 unspecified atom stereocenters. The number of anilines is 1. The van der Waals surface area contributed by atoms with Crippen molar-refractivity contribution in [1.29, 1.82) is 0 Å². The van der Waals surface area contributed by atoms with Crippen LogP contribution in [0.2, 0.25) is 0 Å². The number of nitro benzene ring substituents is 1. The monoisotopic (exact) mass is 513 g/mol. The highest BCUT2D eigenvalue weighted by molar-refractivity contribution is 6.03. The number of rotatable bonds is 6. The zero-order chi connectivity index (χ0) is 26.6. The first kappa shape index (κ1) is 23.7. The van der Waals surface area contributed by atoms with Gasteiger partial charge in [0, 0.05) is 42.0 Å². The number of esters is 1. The van der Waals surface area contributed by atoms with Gasteiger partial charge in [-0.15, -0.1) is 0 Å². The van der Waals surface area contributed by atoms with Crippen molar-refractivity contribution in [1.82, 2.24) is 14.5 Å². The summed E-state index contributed by atoms with van der Waals surface area (Å²) in [5, 5.41) is 26.8. The van der Waals surface area contributed by atoms with Gasteiger partial charge in [0.1, 0.15) is 12.0 Å². The van der Waals surface area contributed by atoms with Gasteiger partial charge in [-0.25, -0.2) is 9.78 Å². The van der Waals surface area contributed by atoms with Crippen LogP contribution in [0, 0.1) is 10.1 Å². The Balaban J connectivity index is 1.54. The molecule has 192 valence electrons. The molecule has 2 aliphatic rings. The molecule has 2 aliphatic heterocycles. The Bertz CT molecular complexity index is 1700. The van der Waals surface area contributed by atoms with Crippen molar-refractivity contribution < 1.29 is 19.6 Å². The first-order chi connectivity index (χ1) is 18.3. The van der Waals surface area contributed by atoms with E-state index in [0.717, 1.165) is 5.69 Å². The van der Waals surface area contributed by atoms with E-state index in [2.05, 4.69) is 10.3 Å². The zero-order valence-corrected chi connectivity index (χ0v) is 20.4. The molecule has 5 heterocycles. The number of ether oxygens (including phenoxy) is 1. The summed E-state index contributed by atoms with van der Waals surface area (Å²) in [6, 6.07) is 11.9. The SMILES string of the molecule is CC[C@@]1(O)C(=O)OCc2c1cc1n(c2=O)Cc2c-1nc1cccc([N+](=O)[O-])c1c2NCCc1ccccn1. The summed E-state index contributed by atoms with van der Waals surface area (Å²) in [5.41, 5.74) is 1.30. The maximum atomic E-state index is 13.6. The maximum Gasteiger partial charge on any atom is 0.343 e. The molecule has 0 aliphatic carbocycles. The second-order valence-electron chi connectivity index (χ2n) is 9.34. The van der Waals surface area contributed by atoms with Crippen LogP contribution in [-0.4, -0.2) is 37.1 Å². The van der Waals surface area contributed by atoms with Gasteiger partial charge in [0.05, 0.1) is 39.6 Å². The van der Waals surface area contributed by atoms with Crippen molar-refractivity contribution in [3.63, 3.8) is 0 Å². The summed E-state index contributed by atoms with van der Waals surface area (Å²) in [7, 11) is 0. The number of nitrogens with one attached hydrogen (secondary N) is 1. The minimum Gasteiger partial charge on any atom is -0.458 e. The van der Waals surface area contributed by atoms with Crippen LogP contribution in [0.5, 0.6) is 0 Å². The van der Waals surface area contributed by atoms with Crippen molar-refractivity contribution in [2.24, 2.45) is 0 Å². The number of hydrogen-bond acceptors (Lipinski definition) is 9. The number of nitrogens with zero attached hydrogens (tertiary/aromatic N) is 4. The lowest BCUT2D eigenvalue weighted by Crippen LogP contribution is -2.44. The van der Waals surface area contributed by atoms with E-state index in [-0.39, 0.29) is 36.4 Å². The third-order valence-corrected chi connectivity index (χ3v) is 7.30. The van der Waals surface area contributed by atoms with Gasteiger partial charge in [0.15, 0.2) is 5.60 Å². The summed E-state index contributed by atoms with van der Waals surface area (Å²) >= 11 is 0. The molecule has 0 spiro atoms. The number of pyridine rings is 3. The molecule has 1 atom stereocenters. The molecule has 11 nitrogen and oxygen atoms in total.